The van der Waals surface area contributed by atoms with Crippen LogP contribution >= 0.6 is 0 Å². The predicted molar refractivity (Wildman–Crippen MR) is 112 cm³/mol. The van der Waals surface area contributed by atoms with Crippen LogP contribution in [-0.2, 0) is 14.3 Å². The second-order valence-corrected chi connectivity index (χ2v) is 7.82. The standard InChI is InChI=1S/C21H31N5O3/c1-3-29-20(28)14-24-10-8-17(9-11-24)25-12-15(2)26(19(27)13-25)18-6-4-16(5-7-18)21(22)23/h4-7,15,17H,3,8-14H2,1-2H3,(H3,22,23). The normalized spacial score (nSPS) is 21.9. The molecule has 29 heavy (non-hydrogen) atoms. The van der Waals surface area contributed by atoms with Crippen molar-refractivity contribution >= 4 is 23.4 Å². The second-order valence-electron chi connectivity index (χ2n) is 7.82. The van der Waals surface area contributed by atoms with Crippen molar-refractivity contribution < 1.29 is 14.3 Å². The molecular formula is C21H31N5O3. The van der Waals surface area contributed by atoms with Crippen LogP contribution in [0.1, 0.15) is 32.3 Å². The first-order valence-electron chi connectivity index (χ1n) is 10.3. The molecule has 1 unspecified atom stereocenters. The molecule has 3 N–H and O–H groups in total. The van der Waals surface area contributed by atoms with Gasteiger partial charge in [0, 0.05) is 43.0 Å². The Balaban J connectivity index is 1.56. The van der Waals surface area contributed by atoms with E-state index in [1.54, 1.807) is 12.1 Å². The number of amides is 1. The third-order valence-electron chi connectivity index (χ3n) is 5.73. The number of piperazine rings is 1. The van der Waals surface area contributed by atoms with Crippen LogP contribution in [0.4, 0.5) is 5.69 Å². The van der Waals surface area contributed by atoms with Gasteiger partial charge >= 0.3 is 5.97 Å². The van der Waals surface area contributed by atoms with Crippen LogP contribution in [0, 0.1) is 5.41 Å². The summed E-state index contributed by atoms with van der Waals surface area (Å²) in [5.41, 5.74) is 7.01. The van der Waals surface area contributed by atoms with Gasteiger partial charge in [-0.25, -0.2) is 0 Å². The first-order valence-corrected chi connectivity index (χ1v) is 10.3. The van der Waals surface area contributed by atoms with Gasteiger partial charge in [0.2, 0.25) is 5.91 Å². The van der Waals surface area contributed by atoms with Crippen LogP contribution in [-0.4, -0.2) is 78.9 Å². The number of nitrogens with two attached hydrogens (primary N) is 1. The van der Waals surface area contributed by atoms with Gasteiger partial charge in [-0.1, -0.05) is 0 Å². The summed E-state index contributed by atoms with van der Waals surface area (Å²) in [7, 11) is 0. The highest BCUT2D eigenvalue weighted by Gasteiger charge is 2.35. The molecule has 0 saturated carbocycles. The number of carbonyl (C=O) groups excluding carboxylic acids is 2. The van der Waals surface area contributed by atoms with Crippen molar-refractivity contribution in [2.24, 2.45) is 5.73 Å². The number of amidine groups is 1. The van der Waals surface area contributed by atoms with Crippen molar-refractivity contribution in [1.82, 2.24) is 9.80 Å². The van der Waals surface area contributed by atoms with Gasteiger partial charge in [-0.05, 0) is 51.0 Å². The van der Waals surface area contributed by atoms with Crippen molar-refractivity contribution in [2.45, 2.75) is 38.8 Å². The minimum absolute atomic E-state index is 0.0232. The van der Waals surface area contributed by atoms with Gasteiger partial charge in [-0.3, -0.25) is 24.8 Å². The Hall–Kier alpha value is -2.45. The van der Waals surface area contributed by atoms with E-state index in [0.29, 0.717) is 31.3 Å². The molecule has 158 valence electrons. The van der Waals surface area contributed by atoms with Gasteiger partial charge in [0.25, 0.3) is 0 Å². The minimum atomic E-state index is -0.167. The molecule has 2 fully saturated rings. The van der Waals surface area contributed by atoms with E-state index >= 15 is 0 Å². The monoisotopic (exact) mass is 401 g/mol. The lowest BCUT2D eigenvalue weighted by atomic mass is 10.00. The highest BCUT2D eigenvalue weighted by atomic mass is 16.5. The van der Waals surface area contributed by atoms with Crippen molar-refractivity contribution in [1.29, 1.82) is 5.41 Å². The Morgan fingerprint density at radius 3 is 2.45 bits per heavy atom. The third-order valence-corrected chi connectivity index (χ3v) is 5.73. The molecule has 0 radical (unpaired) electrons. The van der Waals surface area contributed by atoms with Gasteiger partial charge in [-0.2, -0.15) is 0 Å². The molecule has 2 aliphatic rings. The van der Waals surface area contributed by atoms with Crippen molar-refractivity contribution in [2.75, 3.05) is 44.2 Å². The van der Waals surface area contributed by atoms with Gasteiger partial charge < -0.3 is 15.4 Å². The highest BCUT2D eigenvalue weighted by molar-refractivity contribution is 5.98. The maximum atomic E-state index is 12.9. The lowest BCUT2D eigenvalue weighted by molar-refractivity contribution is -0.144. The number of ether oxygens (including phenoxy) is 1. The fourth-order valence-corrected chi connectivity index (χ4v) is 4.29. The third kappa shape index (κ3) is 5.13. The Labute approximate surface area is 172 Å². The average Bonchev–Trinajstić information content (AvgIpc) is 2.68. The van der Waals surface area contributed by atoms with E-state index in [-0.39, 0.29) is 23.8 Å². The molecule has 8 heteroatoms. The quantitative estimate of drug-likeness (QED) is 0.419. The fraction of sp³-hybridized carbons (Fsp3) is 0.571. The van der Waals surface area contributed by atoms with E-state index in [2.05, 4.69) is 16.7 Å². The lowest BCUT2D eigenvalue weighted by Crippen LogP contribution is -2.59. The Bertz CT molecular complexity index is 743. The van der Waals surface area contributed by atoms with Crippen LogP contribution in [0.3, 0.4) is 0 Å². The summed E-state index contributed by atoms with van der Waals surface area (Å²) >= 11 is 0. The van der Waals surface area contributed by atoms with Crippen molar-refractivity contribution in [3.8, 4) is 0 Å². The van der Waals surface area contributed by atoms with E-state index in [1.807, 2.05) is 24.0 Å². The zero-order valence-corrected chi connectivity index (χ0v) is 17.3. The van der Waals surface area contributed by atoms with Crippen molar-refractivity contribution in [3.63, 3.8) is 0 Å². The molecule has 8 nitrogen and oxygen atoms in total. The van der Waals surface area contributed by atoms with E-state index in [4.69, 9.17) is 15.9 Å². The number of benzene rings is 1. The molecule has 1 aromatic carbocycles. The summed E-state index contributed by atoms with van der Waals surface area (Å²) in [5.74, 6) is -0.0533. The van der Waals surface area contributed by atoms with E-state index in [0.717, 1.165) is 38.2 Å². The molecular weight excluding hydrogens is 370 g/mol. The molecule has 3 rings (SSSR count). The summed E-state index contributed by atoms with van der Waals surface area (Å²) in [5, 5.41) is 7.50. The maximum Gasteiger partial charge on any atom is 0.320 e. The van der Waals surface area contributed by atoms with Gasteiger partial charge in [0.05, 0.1) is 19.7 Å². The number of nitrogens with one attached hydrogen (secondary N) is 1. The van der Waals surface area contributed by atoms with Crippen LogP contribution in [0.2, 0.25) is 0 Å². The number of rotatable bonds is 6. The number of hydrogen-bond donors (Lipinski definition) is 2. The molecule has 2 saturated heterocycles. The SMILES string of the molecule is CCOC(=O)CN1CCC(N2CC(=O)N(c3ccc(C(=N)N)cc3)C(C)C2)CC1. The molecule has 0 bridgehead atoms. The Morgan fingerprint density at radius 1 is 1.24 bits per heavy atom. The van der Waals surface area contributed by atoms with Gasteiger partial charge in [-0.15, -0.1) is 0 Å². The highest BCUT2D eigenvalue weighted by Crippen LogP contribution is 2.25. The molecule has 1 amide bonds. The molecule has 0 aliphatic carbocycles. The molecule has 0 aromatic heterocycles. The summed E-state index contributed by atoms with van der Waals surface area (Å²) in [4.78, 5) is 30.8. The minimum Gasteiger partial charge on any atom is -0.465 e. The van der Waals surface area contributed by atoms with Gasteiger partial charge in [0.1, 0.15) is 5.84 Å². The first-order chi connectivity index (χ1) is 13.9. The van der Waals surface area contributed by atoms with E-state index in [1.165, 1.54) is 0 Å². The zero-order chi connectivity index (χ0) is 21.0. The van der Waals surface area contributed by atoms with Crippen LogP contribution in [0.5, 0.6) is 0 Å². The topological polar surface area (TPSA) is 103 Å². The largest absolute Gasteiger partial charge is 0.465 e. The van der Waals surface area contributed by atoms with Gasteiger partial charge in [0.15, 0.2) is 0 Å². The predicted octanol–water partition coefficient (Wildman–Crippen LogP) is 1.04. The number of carbonyl (C=O) groups is 2. The molecule has 2 aliphatic heterocycles. The number of anilines is 1. The summed E-state index contributed by atoms with van der Waals surface area (Å²) in [6.45, 7) is 7.57. The second kappa shape index (κ2) is 9.37. The number of nitrogen functional groups attached to an aromatic ring is 1. The van der Waals surface area contributed by atoms with E-state index < -0.39 is 0 Å². The fourth-order valence-electron chi connectivity index (χ4n) is 4.29. The number of likely N-dealkylation sites (tertiary alicyclic amines) is 1. The van der Waals surface area contributed by atoms with Crippen LogP contribution in [0.15, 0.2) is 24.3 Å². The number of esters is 1. The van der Waals surface area contributed by atoms with Crippen LogP contribution in [0.25, 0.3) is 0 Å². The summed E-state index contributed by atoms with van der Waals surface area (Å²) in [6.07, 6.45) is 1.90. The zero-order valence-electron chi connectivity index (χ0n) is 17.3. The smallest absolute Gasteiger partial charge is 0.320 e. The number of nitrogens with zero attached hydrogens (tertiary/aromatic N) is 3. The first kappa shape index (κ1) is 21.3. The summed E-state index contributed by atoms with van der Waals surface area (Å²) < 4.78 is 5.03. The lowest BCUT2D eigenvalue weighted by Gasteiger charge is -2.45. The average molecular weight is 402 g/mol. The Morgan fingerprint density at radius 2 is 1.90 bits per heavy atom. The Kier molecular flexibility index (Phi) is 6.87. The van der Waals surface area contributed by atoms with Crippen molar-refractivity contribution in [3.05, 3.63) is 29.8 Å². The molecule has 2 heterocycles. The molecule has 1 aromatic rings. The summed E-state index contributed by atoms with van der Waals surface area (Å²) in [6, 6.07) is 7.70. The maximum absolute atomic E-state index is 12.9. The number of hydrogen-bond acceptors (Lipinski definition) is 6. The number of piperidine rings is 1. The van der Waals surface area contributed by atoms with E-state index in [9.17, 15) is 9.59 Å². The molecule has 1 atom stereocenters. The molecule has 0 spiro atoms. The van der Waals surface area contributed by atoms with Crippen LogP contribution < -0.4 is 10.6 Å².